The molecule has 0 radical (unpaired) electrons. The van der Waals surface area contributed by atoms with Crippen molar-refractivity contribution in [3.05, 3.63) is 78.4 Å². The molecule has 4 rings (SSSR count). The number of nitrogens with one attached hydrogen (secondary N) is 1. The van der Waals surface area contributed by atoms with Gasteiger partial charge in [0.1, 0.15) is 16.4 Å². The molecular weight excluding hydrogens is 496 g/mol. The number of carbonyl (C=O) groups excluding carboxylic acids is 1. The van der Waals surface area contributed by atoms with E-state index < -0.39 is 10.0 Å². The number of hydrogen-bond donors (Lipinski definition) is 1. The van der Waals surface area contributed by atoms with E-state index in [0.29, 0.717) is 36.7 Å². The molecule has 0 saturated carbocycles. The molecule has 1 saturated heterocycles. The molecule has 1 heterocycles. The first kappa shape index (κ1) is 26.1. The SMILES string of the molecule is COc1ccc(NC(=O)c2ccc(OCCSc3ccccc3)cc2)cc1S(=O)(=O)N1CCCCC1. The maximum Gasteiger partial charge on any atom is 0.255 e. The zero-order valence-electron chi connectivity index (χ0n) is 20.2. The third kappa shape index (κ3) is 6.60. The minimum absolute atomic E-state index is 0.0572. The van der Waals surface area contributed by atoms with Gasteiger partial charge in [0.2, 0.25) is 10.0 Å². The highest BCUT2D eigenvalue weighted by molar-refractivity contribution is 7.99. The lowest BCUT2D eigenvalue weighted by molar-refractivity contribution is 0.102. The third-order valence-electron chi connectivity index (χ3n) is 5.83. The van der Waals surface area contributed by atoms with Crippen molar-refractivity contribution in [3.8, 4) is 11.5 Å². The van der Waals surface area contributed by atoms with Crippen LogP contribution >= 0.6 is 11.8 Å². The van der Waals surface area contributed by atoms with Crippen LogP contribution in [0.5, 0.6) is 11.5 Å². The van der Waals surface area contributed by atoms with Gasteiger partial charge in [0.15, 0.2) is 0 Å². The highest BCUT2D eigenvalue weighted by Gasteiger charge is 2.29. The first-order valence-corrected chi connectivity index (χ1v) is 14.3. The van der Waals surface area contributed by atoms with Gasteiger partial charge in [0.25, 0.3) is 5.91 Å². The summed E-state index contributed by atoms with van der Waals surface area (Å²) in [6, 6.07) is 21.7. The summed E-state index contributed by atoms with van der Waals surface area (Å²) in [6.07, 6.45) is 2.70. The first-order chi connectivity index (χ1) is 17.5. The number of rotatable bonds is 10. The molecule has 0 aliphatic carbocycles. The number of hydrogen-bond acceptors (Lipinski definition) is 6. The van der Waals surface area contributed by atoms with Gasteiger partial charge < -0.3 is 14.8 Å². The van der Waals surface area contributed by atoms with Crippen molar-refractivity contribution >= 4 is 33.4 Å². The van der Waals surface area contributed by atoms with E-state index in [2.05, 4.69) is 17.4 Å². The molecule has 3 aromatic rings. The second-order valence-electron chi connectivity index (χ2n) is 8.32. The molecule has 0 aromatic heterocycles. The van der Waals surface area contributed by atoms with Crippen molar-refractivity contribution in [2.75, 3.05) is 37.9 Å². The van der Waals surface area contributed by atoms with E-state index >= 15 is 0 Å². The van der Waals surface area contributed by atoms with Gasteiger partial charge in [-0.2, -0.15) is 4.31 Å². The molecule has 0 bridgehead atoms. The Hall–Kier alpha value is -3.01. The minimum atomic E-state index is -3.72. The van der Waals surface area contributed by atoms with E-state index in [4.69, 9.17) is 9.47 Å². The van der Waals surface area contributed by atoms with Crippen molar-refractivity contribution in [1.82, 2.24) is 4.31 Å². The Morgan fingerprint density at radius 1 is 0.972 bits per heavy atom. The van der Waals surface area contributed by atoms with E-state index in [1.165, 1.54) is 22.4 Å². The quantitative estimate of drug-likeness (QED) is 0.285. The Balaban J connectivity index is 1.37. The Bertz CT molecular complexity index is 1260. The van der Waals surface area contributed by atoms with Crippen molar-refractivity contribution in [2.45, 2.75) is 29.1 Å². The van der Waals surface area contributed by atoms with Crippen LogP contribution in [0.15, 0.2) is 82.6 Å². The maximum absolute atomic E-state index is 13.2. The molecule has 1 aliphatic heterocycles. The lowest BCUT2D eigenvalue weighted by Crippen LogP contribution is -2.35. The van der Waals surface area contributed by atoms with Crippen molar-refractivity contribution in [3.63, 3.8) is 0 Å². The van der Waals surface area contributed by atoms with Gasteiger partial charge in [0, 0.05) is 35.0 Å². The van der Waals surface area contributed by atoms with Gasteiger partial charge in [-0.3, -0.25) is 4.79 Å². The Morgan fingerprint density at radius 3 is 2.39 bits per heavy atom. The lowest BCUT2D eigenvalue weighted by Gasteiger charge is -2.26. The van der Waals surface area contributed by atoms with E-state index in [1.54, 1.807) is 48.2 Å². The number of ether oxygens (including phenoxy) is 2. The van der Waals surface area contributed by atoms with Crippen LogP contribution < -0.4 is 14.8 Å². The third-order valence-corrected chi connectivity index (χ3v) is 8.73. The average Bonchev–Trinajstić information content (AvgIpc) is 2.92. The van der Waals surface area contributed by atoms with E-state index in [9.17, 15) is 13.2 Å². The number of sulfonamides is 1. The highest BCUT2D eigenvalue weighted by atomic mass is 32.2. The number of piperidine rings is 1. The standard InChI is InChI=1S/C27H30N2O5S2/c1-33-25-15-12-22(20-26(25)36(31,32)29-16-6-3-7-17-29)28-27(30)21-10-13-23(14-11-21)34-18-19-35-24-8-4-2-5-9-24/h2,4-5,8-15,20H,3,6-7,16-19H2,1H3,(H,28,30). The second-order valence-corrected chi connectivity index (χ2v) is 11.4. The summed E-state index contributed by atoms with van der Waals surface area (Å²) < 4.78 is 39.0. The molecule has 7 nitrogen and oxygen atoms in total. The van der Waals surface area contributed by atoms with E-state index in [0.717, 1.165) is 25.0 Å². The predicted molar refractivity (Wildman–Crippen MR) is 143 cm³/mol. The Labute approximate surface area is 216 Å². The number of anilines is 1. The molecular formula is C27H30N2O5S2. The smallest absolute Gasteiger partial charge is 0.255 e. The molecule has 0 unspecified atom stereocenters. The number of benzene rings is 3. The zero-order valence-corrected chi connectivity index (χ0v) is 21.8. The fourth-order valence-corrected chi connectivity index (χ4v) is 6.39. The van der Waals surface area contributed by atoms with Crippen LogP contribution in [0.25, 0.3) is 0 Å². The molecule has 0 atom stereocenters. The fraction of sp³-hybridized carbons (Fsp3) is 0.296. The summed E-state index contributed by atoms with van der Waals surface area (Å²) in [4.78, 5) is 14.1. The number of nitrogens with zero attached hydrogens (tertiary/aromatic N) is 1. The van der Waals surface area contributed by atoms with E-state index in [-0.39, 0.29) is 16.6 Å². The monoisotopic (exact) mass is 526 g/mol. The largest absolute Gasteiger partial charge is 0.495 e. The summed E-state index contributed by atoms with van der Waals surface area (Å²) >= 11 is 1.72. The topological polar surface area (TPSA) is 84.9 Å². The number of carbonyl (C=O) groups is 1. The van der Waals surface area contributed by atoms with Crippen LogP contribution in [0.1, 0.15) is 29.6 Å². The average molecular weight is 527 g/mol. The normalized spacial score (nSPS) is 14.2. The zero-order chi connectivity index (χ0) is 25.4. The number of amides is 1. The van der Waals surface area contributed by atoms with Crippen LogP contribution in [0.2, 0.25) is 0 Å². The Morgan fingerprint density at radius 2 is 1.69 bits per heavy atom. The molecule has 1 amide bonds. The van der Waals surface area contributed by atoms with Crippen molar-refractivity contribution in [1.29, 1.82) is 0 Å². The number of methoxy groups -OCH3 is 1. The van der Waals surface area contributed by atoms with Gasteiger partial charge in [-0.1, -0.05) is 24.6 Å². The molecule has 1 fully saturated rings. The van der Waals surface area contributed by atoms with Crippen molar-refractivity contribution in [2.24, 2.45) is 0 Å². The van der Waals surface area contributed by atoms with Crippen LogP contribution in [0.4, 0.5) is 5.69 Å². The second kappa shape index (κ2) is 12.3. The molecule has 0 spiro atoms. The first-order valence-electron chi connectivity index (χ1n) is 11.9. The summed E-state index contributed by atoms with van der Waals surface area (Å²) in [7, 11) is -2.29. The molecule has 36 heavy (non-hydrogen) atoms. The van der Waals surface area contributed by atoms with Gasteiger partial charge in [0.05, 0.1) is 13.7 Å². The fourth-order valence-electron chi connectivity index (χ4n) is 3.94. The Kier molecular flexibility index (Phi) is 8.90. The van der Waals surface area contributed by atoms with E-state index in [1.807, 2.05) is 18.2 Å². The van der Waals surface area contributed by atoms with Crippen LogP contribution in [-0.4, -0.2) is 51.2 Å². The summed E-state index contributed by atoms with van der Waals surface area (Å²) in [5.74, 6) is 1.41. The van der Waals surface area contributed by atoms with Crippen LogP contribution in [0.3, 0.4) is 0 Å². The summed E-state index contributed by atoms with van der Waals surface area (Å²) in [5, 5.41) is 2.79. The lowest BCUT2D eigenvalue weighted by atomic mass is 10.2. The highest BCUT2D eigenvalue weighted by Crippen LogP contribution is 2.31. The van der Waals surface area contributed by atoms with Crippen molar-refractivity contribution < 1.29 is 22.7 Å². The molecule has 1 aliphatic rings. The molecule has 190 valence electrons. The molecule has 1 N–H and O–H groups in total. The predicted octanol–water partition coefficient (Wildman–Crippen LogP) is 5.29. The van der Waals surface area contributed by atoms with Crippen LogP contribution in [-0.2, 0) is 10.0 Å². The van der Waals surface area contributed by atoms with Gasteiger partial charge in [-0.15, -0.1) is 11.8 Å². The van der Waals surface area contributed by atoms with Gasteiger partial charge in [-0.05, 0) is 67.4 Å². The summed E-state index contributed by atoms with van der Waals surface area (Å²) in [5.41, 5.74) is 0.826. The minimum Gasteiger partial charge on any atom is -0.495 e. The maximum atomic E-state index is 13.2. The van der Waals surface area contributed by atoms with Crippen LogP contribution in [0, 0.1) is 0 Å². The molecule has 3 aromatic carbocycles. The summed E-state index contributed by atoms with van der Waals surface area (Å²) in [6.45, 7) is 1.52. The number of thioether (sulfide) groups is 1. The van der Waals surface area contributed by atoms with Gasteiger partial charge >= 0.3 is 0 Å². The molecule has 9 heteroatoms. The van der Waals surface area contributed by atoms with Gasteiger partial charge in [-0.25, -0.2) is 8.42 Å².